The van der Waals surface area contributed by atoms with E-state index >= 15 is 0 Å². The SMILES string of the molecule is COc1ccccc1N1CCN(CCCN2C(=O)c3ccc(N(C)C)cc3C2=O)CC1. The first kappa shape index (κ1) is 21.2. The van der Waals surface area contributed by atoms with Crippen molar-refractivity contribution in [3.8, 4) is 5.75 Å². The number of anilines is 2. The monoisotopic (exact) mass is 422 g/mol. The van der Waals surface area contributed by atoms with Crippen LogP contribution >= 0.6 is 0 Å². The summed E-state index contributed by atoms with van der Waals surface area (Å²) in [6.07, 6.45) is 0.778. The molecule has 4 rings (SSSR count). The number of imide groups is 1. The normalized spacial score (nSPS) is 16.6. The number of carbonyl (C=O) groups is 2. The van der Waals surface area contributed by atoms with Crippen molar-refractivity contribution in [1.82, 2.24) is 9.80 Å². The zero-order chi connectivity index (χ0) is 22.0. The van der Waals surface area contributed by atoms with E-state index in [1.54, 1.807) is 13.2 Å². The van der Waals surface area contributed by atoms with Gasteiger partial charge in [-0.2, -0.15) is 0 Å². The largest absolute Gasteiger partial charge is 0.495 e. The molecule has 0 saturated carbocycles. The molecule has 2 aromatic carbocycles. The fraction of sp³-hybridized carbons (Fsp3) is 0.417. The van der Waals surface area contributed by atoms with Gasteiger partial charge in [0.1, 0.15) is 5.75 Å². The number of fused-ring (bicyclic) bond motifs is 1. The summed E-state index contributed by atoms with van der Waals surface area (Å²) in [6.45, 7) is 5.09. The van der Waals surface area contributed by atoms with E-state index in [0.717, 1.165) is 56.3 Å². The Hall–Kier alpha value is -3.06. The van der Waals surface area contributed by atoms with Crippen molar-refractivity contribution in [3.63, 3.8) is 0 Å². The van der Waals surface area contributed by atoms with Crippen molar-refractivity contribution < 1.29 is 14.3 Å². The third-order valence-electron chi connectivity index (χ3n) is 6.12. The predicted octanol–water partition coefficient (Wildman–Crippen LogP) is 2.57. The van der Waals surface area contributed by atoms with Gasteiger partial charge in [0, 0.05) is 52.5 Å². The molecule has 2 aliphatic heterocycles. The molecule has 7 nitrogen and oxygen atoms in total. The molecule has 0 spiro atoms. The lowest BCUT2D eigenvalue weighted by Crippen LogP contribution is -2.47. The molecule has 2 amide bonds. The van der Waals surface area contributed by atoms with Gasteiger partial charge in [0.2, 0.25) is 0 Å². The number of ether oxygens (including phenoxy) is 1. The van der Waals surface area contributed by atoms with Crippen LogP contribution in [0, 0.1) is 0 Å². The fourth-order valence-electron chi connectivity index (χ4n) is 4.32. The number of rotatable bonds is 7. The molecule has 0 bridgehead atoms. The second-order valence-corrected chi connectivity index (χ2v) is 8.24. The van der Waals surface area contributed by atoms with Gasteiger partial charge < -0.3 is 14.5 Å². The highest BCUT2D eigenvalue weighted by molar-refractivity contribution is 6.21. The topological polar surface area (TPSA) is 56.3 Å². The summed E-state index contributed by atoms with van der Waals surface area (Å²) in [5, 5.41) is 0. The molecule has 2 aliphatic rings. The molecule has 31 heavy (non-hydrogen) atoms. The Morgan fingerprint density at radius 2 is 1.61 bits per heavy atom. The molecule has 1 saturated heterocycles. The molecule has 2 aromatic rings. The Balaban J connectivity index is 1.29. The van der Waals surface area contributed by atoms with Crippen LogP contribution < -0.4 is 14.5 Å². The van der Waals surface area contributed by atoms with Crippen LogP contribution in [0.5, 0.6) is 5.75 Å². The lowest BCUT2D eigenvalue weighted by Gasteiger charge is -2.36. The molecule has 164 valence electrons. The predicted molar refractivity (Wildman–Crippen MR) is 122 cm³/mol. The van der Waals surface area contributed by atoms with Crippen LogP contribution in [0.4, 0.5) is 11.4 Å². The highest BCUT2D eigenvalue weighted by Crippen LogP contribution is 2.29. The van der Waals surface area contributed by atoms with Gasteiger partial charge in [-0.25, -0.2) is 0 Å². The minimum atomic E-state index is -0.176. The van der Waals surface area contributed by atoms with E-state index < -0.39 is 0 Å². The van der Waals surface area contributed by atoms with Gasteiger partial charge in [0.05, 0.1) is 23.9 Å². The van der Waals surface area contributed by atoms with E-state index in [1.807, 2.05) is 49.3 Å². The molecular formula is C24H30N4O3. The Kier molecular flexibility index (Phi) is 6.13. The number of para-hydroxylation sites is 2. The average molecular weight is 423 g/mol. The molecule has 1 fully saturated rings. The number of hydrogen-bond acceptors (Lipinski definition) is 6. The van der Waals surface area contributed by atoms with E-state index in [9.17, 15) is 9.59 Å². The maximum atomic E-state index is 12.8. The first-order valence-electron chi connectivity index (χ1n) is 10.8. The van der Waals surface area contributed by atoms with Gasteiger partial charge in [-0.1, -0.05) is 12.1 Å². The van der Waals surface area contributed by atoms with Crippen LogP contribution in [0.15, 0.2) is 42.5 Å². The molecule has 0 aliphatic carbocycles. The second kappa shape index (κ2) is 8.98. The zero-order valence-corrected chi connectivity index (χ0v) is 18.5. The summed E-state index contributed by atoms with van der Waals surface area (Å²) in [6, 6.07) is 13.6. The molecule has 0 aromatic heterocycles. The van der Waals surface area contributed by atoms with Gasteiger partial charge in [0.15, 0.2) is 0 Å². The number of carbonyl (C=O) groups excluding carboxylic acids is 2. The summed E-state index contributed by atoms with van der Waals surface area (Å²) in [4.78, 5) is 33.5. The quantitative estimate of drug-likeness (QED) is 0.640. The van der Waals surface area contributed by atoms with Gasteiger partial charge in [-0.3, -0.25) is 19.4 Å². The van der Waals surface area contributed by atoms with E-state index in [0.29, 0.717) is 17.7 Å². The summed E-state index contributed by atoms with van der Waals surface area (Å²) in [7, 11) is 5.55. The zero-order valence-electron chi connectivity index (χ0n) is 18.5. The van der Waals surface area contributed by atoms with Crippen molar-refractivity contribution in [2.24, 2.45) is 0 Å². The first-order chi connectivity index (χ1) is 15.0. The van der Waals surface area contributed by atoms with Gasteiger partial charge in [-0.15, -0.1) is 0 Å². The second-order valence-electron chi connectivity index (χ2n) is 8.24. The highest BCUT2D eigenvalue weighted by Gasteiger charge is 2.35. The molecule has 2 heterocycles. The standard InChI is InChI=1S/C24H30N4O3/c1-25(2)18-9-10-19-20(17-18)24(30)28(23(19)29)12-6-11-26-13-15-27(16-14-26)21-7-4-5-8-22(21)31-3/h4-5,7-10,17H,6,11-16H2,1-3H3. The van der Waals surface area contributed by atoms with Crippen LogP contribution in [0.25, 0.3) is 0 Å². The minimum absolute atomic E-state index is 0.175. The molecule has 0 unspecified atom stereocenters. The number of piperazine rings is 1. The molecule has 0 radical (unpaired) electrons. The smallest absolute Gasteiger partial charge is 0.261 e. The maximum absolute atomic E-state index is 12.8. The number of nitrogens with zero attached hydrogens (tertiary/aromatic N) is 4. The summed E-state index contributed by atoms with van der Waals surface area (Å²) in [5.74, 6) is 0.551. The van der Waals surface area contributed by atoms with Crippen LogP contribution in [0.3, 0.4) is 0 Å². The lowest BCUT2D eigenvalue weighted by atomic mass is 10.1. The Morgan fingerprint density at radius 1 is 0.903 bits per heavy atom. The van der Waals surface area contributed by atoms with Crippen LogP contribution in [0.2, 0.25) is 0 Å². The van der Waals surface area contributed by atoms with Crippen molar-refractivity contribution >= 4 is 23.2 Å². The van der Waals surface area contributed by atoms with Crippen LogP contribution in [-0.2, 0) is 0 Å². The minimum Gasteiger partial charge on any atom is -0.495 e. The molecule has 0 atom stereocenters. The van der Waals surface area contributed by atoms with Crippen molar-refractivity contribution in [1.29, 1.82) is 0 Å². The Labute approximate surface area is 183 Å². The Bertz CT molecular complexity index is 967. The van der Waals surface area contributed by atoms with E-state index in [2.05, 4.69) is 15.9 Å². The summed E-state index contributed by atoms with van der Waals surface area (Å²) in [5.41, 5.74) is 3.09. The highest BCUT2D eigenvalue weighted by atomic mass is 16.5. The van der Waals surface area contributed by atoms with Gasteiger partial charge >= 0.3 is 0 Å². The lowest BCUT2D eigenvalue weighted by molar-refractivity contribution is 0.0647. The summed E-state index contributed by atoms with van der Waals surface area (Å²) < 4.78 is 5.49. The molecular weight excluding hydrogens is 392 g/mol. The average Bonchev–Trinajstić information content (AvgIpc) is 3.03. The number of hydrogen-bond donors (Lipinski definition) is 0. The third-order valence-corrected chi connectivity index (χ3v) is 6.12. The summed E-state index contributed by atoms with van der Waals surface area (Å²) >= 11 is 0. The van der Waals surface area contributed by atoms with E-state index in [4.69, 9.17) is 4.74 Å². The van der Waals surface area contributed by atoms with E-state index in [-0.39, 0.29) is 11.8 Å². The van der Waals surface area contributed by atoms with E-state index in [1.165, 1.54) is 4.90 Å². The van der Waals surface area contributed by atoms with Crippen molar-refractivity contribution in [2.45, 2.75) is 6.42 Å². The van der Waals surface area contributed by atoms with Gasteiger partial charge in [-0.05, 0) is 43.3 Å². The van der Waals surface area contributed by atoms with Crippen LogP contribution in [-0.4, -0.2) is 82.1 Å². The first-order valence-corrected chi connectivity index (χ1v) is 10.8. The maximum Gasteiger partial charge on any atom is 0.261 e. The third kappa shape index (κ3) is 4.23. The fourth-order valence-corrected chi connectivity index (χ4v) is 4.32. The van der Waals surface area contributed by atoms with Gasteiger partial charge in [0.25, 0.3) is 11.8 Å². The van der Waals surface area contributed by atoms with Crippen LogP contribution in [0.1, 0.15) is 27.1 Å². The molecule has 0 N–H and O–H groups in total. The Morgan fingerprint density at radius 3 is 2.32 bits per heavy atom. The number of amides is 2. The van der Waals surface area contributed by atoms with Crippen molar-refractivity contribution in [2.75, 3.05) is 70.3 Å². The number of methoxy groups -OCH3 is 1. The molecule has 7 heteroatoms. The van der Waals surface area contributed by atoms with Crippen molar-refractivity contribution in [3.05, 3.63) is 53.6 Å². The number of benzene rings is 2.